The van der Waals surface area contributed by atoms with Crippen LogP contribution in [-0.4, -0.2) is 41.2 Å². The van der Waals surface area contributed by atoms with E-state index in [1.54, 1.807) is 24.3 Å². The Hall–Kier alpha value is -2.62. The fourth-order valence-electron chi connectivity index (χ4n) is 2.67. The fraction of sp³-hybridized carbons (Fsp3) is 0.278. The molecule has 27 heavy (non-hydrogen) atoms. The van der Waals surface area contributed by atoms with Crippen LogP contribution in [0.1, 0.15) is 0 Å². The third kappa shape index (κ3) is 4.76. The molecule has 0 bridgehead atoms. The molecule has 1 aliphatic heterocycles. The van der Waals surface area contributed by atoms with Crippen molar-refractivity contribution in [3.05, 3.63) is 48.5 Å². The summed E-state index contributed by atoms with van der Waals surface area (Å²) >= 11 is 0. The van der Waals surface area contributed by atoms with Gasteiger partial charge in [-0.2, -0.15) is 0 Å². The number of benzene rings is 2. The third-order valence-corrected chi connectivity index (χ3v) is 6.04. The maximum atomic E-state index is 12.7. The van der Waals surface area contributed by atoms with Crippen molar-refractivity contribution in [1.82, 2.24) is 16.2 Å². The molecule has 0 atom stereocenters. The van der Waals surface area contributed by atoms with E-state index in [4.69, 9.17) is 4.74 Å². The lowest BCUT2D eigenvalue weighted by Crippen LogP contribution is -2.34. The topological polar surface area (TPSA) is 109 Å². The van der Waals surface area contributed by atoms with Gasteiger partial charge in [-0.15, -0.1) is 0 Å². The zero-order chi connectivity index (χ0) is 19.3. The summed E-state index contributed by atoms with van der Waals surface area (Å²) in [4.78, 5) is 12.3. The number of rotatable bonds is 6. The highest BCUT2D eigenvalue weighted by molar-refractivity contribution is 7.91. The molecular weight excluding hydrogens is 368 g/mol. The number of hydrazine groups is 1. The number of methoxy groups -OCH3 is 1. The lowest BCUT2D eigenvalue weighted by Gasteiger charge is -2.11. The van der Waals surface area contributed by atoms with Crippen molar-refractivity contribution in [3.63, 3.8) is 0 Å². The molecule has 1 heterocycles. The first kappa shape index (κ1) is 19.2. The van der Waals surface area contributed by atoms with E-state index >= 15 is 0 Å². The Kier molecular flexibility index (Phi) is 5.94. The van der Waals surface area contributed by atoms with Crippen molar-refractivity contribution >= 4 is 21.6 Å². The van der Waals surface area contributed by atoms with Crippen LogP contribution in [0.15, 0.2) is 58.3 Å². The summed E-state index contributed by atoms with van der Waals surface area (Å²) in [5.74, 6) is 0.927. The number of hydrogen-bond donors (Lipinski definition) is 4. The van der Waals surface area contributed by atoms with Crippen molar-refractivity contribution in [2.45, 2.75) is 9.79 Å². The third-order valence-electron chi connectivity index (χ3n) is 4.25. The summed E-state index contributed by atoms with van der Waals surface area (Å²) in [7, 11) is -2.11. The molecule has 0 unspecified atom stereocenters. The maximum absolute atomic E-state index is 12.7. The van der Waals surface area contributed by atoms with Crippen molar-refractivity contribution < 1.29 is 17.9 Å². The molecule has 3 rings (SSSR count). The van der Waals surface area contributed by atoms with Gasteiger partial charge in [0.2, 0.25) is 9.84 Å². The number of hydrogen-bond acceptors (Lipinski definition) is 6. The molecule has 0 saturated carbocycles. The van der Waals surface area contributed by atoms with Crippen LogP contribution in [0.3, 0.4) is 0 Å². The van der Waals surface area contributed by atoms with E-state index in [1.165, 1.54) is 31.4 Å². The second-order valence-corrected chi connectivity index (χ2v) is 8.12. The number of amides is 2. The van der Waals surface area contributed by atoms with Crippen molar-refractivity contribution in [1.29, 1.82) is 0 Å². The van der Waals surface area contributed by atoms with Gasteiger partial charge in [0.1, 0.15) is 5.75 Å². The van der Waals surface area contributed by atoms with Gasteiger partial charge in [0.05, 0.1) is 16.9 Å². The van der Waals surface area contributed by atoms with Gasteiger partial charge < -0.3 is 15.4 Å². The molecule has 0 radical (unpaired) electrons. The van der Waals surface area contributed by atoms with E-state index in [1.807, 2.05) is 0 Å². The van der Waals surface area contributed by atoms with E-state index in [9.17, 15) is 13.2 Å². The first-order valence-corrected chi connectivity index (χ1v) is 9.97. The van der Waals surface area contributed by atoms with Crippen LogP contribution in [0.4, 0.5) is 10.5 Å². The van der Waals surface area contributed by atoms with E-state index < -0.39 is 9.84 Å². The van der Waals surface area contributed by atoms with Crippen molar-refractivity contribution in [2.75, 3.05) is 32.1 Å². The van der Waals surface area contributed by atoms with Crippen LogP contribution in [-0.2, 0) is 9.84 Å². The van der Waals surface area contributed by atoms with Crippen LogP contribution >= 0.6 is 0 Å². The predicted molar refractivity (Wildman–Crippen MR) is 101 cm³/mol. The molecule has 144 valence electrons. The van der Waals surface area contributed by atoms with Crippen molar-refractivity contribution in [3.8, 4) is 5.75 Å². The van der Waals surface area contributed by atoms with Crippen LogP contribution < -0.4 is 26.2 Å². The van der Waals surface area contributed by atoms with Crippen LogP contribution in [0.5, 0.6) is 5.75 Å². The van der Waals surface area contributed by atoms with Gasteiger partial charge in [0, 0.05) is 31.2 Å². The van der Waals surface area contributed by atoms with Gasteiger partial charge in [-0.05, 0) is 48.5 Å². The highest BCUT2D eigenvalue weighted by Crippen LogP contribution is 2.24. The van der Waals surface area contributed by atoms with Crippen LogP contribution in [0.25, 0.3) is 0 Å². The Bertz CT molecular complexity index is 877. The van der Waals surface area contributed by atoms with Gasteiger partial charge in [-0.25, -0.2) is 13.2 Å². The number of carbonyl (C=O) groups is 1. The van der Waals surface area contributed by atoms with Crippen LogP contribution in [0, 0.1) is 5.92 Å². The Morgan fingerprint density at radius 3 is 2.15 bits per heavy atom. The van der Waals surface area contributed by atoms with Gasteiger partial charge in [-0.3, -0.25) is 10.9 Å². The lowest BCUT2D eigenvalue weighted by atomic mass is 10.2. The van der Waals surface area contributed by atoms with Gasteiger partial charge in [0.15, 0.2) is 0 Å². The molecule has 0 aliphatic carbocycles. The van der Waals surface area contributed by atoms with Gasteiger partial charge in [0.25, 0.3) is 0 Å². The summed E-state index contributed by atoms with van der Waals surface area (Å²) in [5, 5.41) is 5.49. The summed E-state index contributed by atoms with van der Waals surface area (Å²) in [6.07, 6.45) is 0. The summed E-state index contributed by atoms with van der Waals surface area (Å²) in [6, 6.07) is 11.9. The molecule has 2 aromatic rings. The first-order valence-electron chi connectivity index (χ1n) is 8.49. The van der Waals surface area contributed by atoms with E-state index in [2.05, 4.69) is 21.5 Å². The number of ether oxygens (including phenoxy) is 1. The fourth-order valence-corrected chi connectivity index (χ4v) is 3.93. The molecule has 2 amide bonds. The monoisotopic (exact) mass is 390 g/mol. The molecule has 0 aromatic heterocycles. The quantitative estimate of drug-likeness (QED) is 0.593. The highest BCUT2D eigenvalue weighted by atomic mass is 32.2. The number of urea groups is 1. The molecule has 2 aromatic carbocycles. The minimum atomic E-state index is -3.63. The molecule has 0 spiro atoms. The molecular formula is C18H22N4O4S. The lowest BCUT2D eigenvalue weighted by molar-refractivity contribution is 0.250. The average molecular weight is 390 g/mol. The summed E-state index contributed by atoms with van der Waals surface area (Å²) in [6.45, 7) is 2.16. The van der Waals surface area contributed by atoms with Crippen LogP contribution in [0.2, 0.25) is 0 Å². The normalized spacial score (nSPS) is 14.7. The Morgan fingerprint density at radius 1 is 1.04 bits per heavy atom. The Morgan fingerprint density at radius 2 is 1.59 bits per heavy atom. The Labute approximate surface area is 158 Å². The average Bonchev–Trinajstić information content (AvgIpc) is 3.20. The Balaban J connectivity index is 1.62. The number of carbonyl (C=O) groups excluding carboxylic acids is 1. The van der Waals surface area contributed by atoms with E-state index in [-0.39, 0.29) is 15.8 Å². The molecule has 9 heteroatoms. The molecule has 1 fully saturated rings. The molecule has 4 N–H and O–H groups in total. The number of anilines is 1. The van der Waals surface area contributed by atoms with Gasteiger partial charge >= 0.3 is 6.03 Å². The number of nitrogens with one attached hydrogen (secondary N) is 4. The second-order valence-electron chi connectivity index (χ2n) is 6.17. The standard InChI is InChI=1S/C18H22N4O4S/c1-26-15-4-8-17(9-5-15)27(24,25)16-6-2-14(3-7-16)22-18(23)19-10-13-11-20-21-12-13/h2-9,13,20-21H,10-12H2,1H3,(H2,19,22,23). The van der Waals surface area contributed by atoms with E-state index in [0.717, 1.165) is 13.1 Å². The second kappa shape index (κ2) is 8.38. The summed E-state index contributed by atoms with van der Waals surface area (Å²) < 4.78 is 30.4. The highest BCUT2D eigenvalue weighted by Gasteiger charge is 2.18. The summed E-state index contributed by atoms with van der Waals surface area (Å²) in [5.41, 5.74) is 6.52. The predicted octanol–water partition coefficient (Wildman–Crippen LogP) is 1.37. The minimum absolute atomic E-state index is 0.154. The molecule has 1 aliphatic rings. The van der Waals surface area contributed by atoms with Gasteiger partial charge in [-0.1, -0.05) is 0 Å². The largest absolute Gasteiger partial charge is 0.497 e. The minimum Gasteiger partial charge on any atom is -0.497 e. The SMILES string of the molecule is COc1ccc(S(=O)(=O)c2ccc(NC(=O)NCC3CNNC3)cc2)cc1. The van der Waals surface area contributed by atoms with Crippen molar-refractivity contribution in [2.24, 2.45) is 5.92 Å². The first-order chi connectivity index (χ1) is 13.0. The smallest absolute Gasteiger partial charge is 0.319 e. The molecule has 1 saturated heterocycles. The molecule has 8 nitrogen and oxygen atoms in total. The number of sulfone groups is 1. The maximum Gasteiger partial charge on any atom is 0.319 e. The van der Waals surface area contributed by atoms with E-state index in [0.29, 0.717) is 23.9 Å². The zero-order valence-corrected chi connectivity index (χ0v) is 15.7. The zero-order valence-electron chi connectivity index (χ0n) is 14.9.